The summed E-state index contributed by atoms with van der Waals surface area (Å²) in [7, 11) is 0. The average molecular weight is 346 g/mol. The summed E-state index contributed by atoms with van der Waals surface area (Å²) in [5.41, 5.74) is 1.18. The minimum absolute atomic E-state index is 0.0835. The highest BCUT2D eigenvalue weighted by atomic mass is 32.1. The Morgan fingerprint density at radius 2 is 2.08 bits per heavy atom. The van der Waals surface area contributed by atoms with Crippen molar-refractivity contribution in [2.75, 3.05) is 5.32 Å². The van der Waals surface area contributed by atoms with Crippen LogP contribution < -0.4 is 10.6 Å². The zero-order chi connectivity index (χ0) is 16.4. The Kier molecular flexibility index (Phi) is 4.46. The van der Waals surface area contributed by atoms with E-state index in [0.717, 1.165) is 36.6 Å². The standard InChI is InChI=1S/C16H22N6OS/c23-15(19-11-7-8-14-17-10-18-22(14)9-11)21-16-20-12-5-3-1-2-4-6-13(12)24-16/h10-11H,1-9H2,(H2,19,20,21,23)/t11-/m0/s1. The summed E-state index contributed by atoms with van der Waals surface area (Å²) in [6.45, 7) is 0.678. The van der Waals surface area contributed by atoms with Gasteiger partial charge in [-0.15, -0.1) is 11.3 Å². The molecule has 0 fully saturated rings. The van der Waals surface area contributed by atoms with Gasteiger partial charge in [-0.25, -0.2) is 19.4 Å². The van der Waals surface area contributed by atoms with Crippen LogP contribution in [0, 0.1) is 0 Å². The van der Waals surface area contributed by atoms with E-state index < -0.39 is 0 Å². The number of nitrogens with one attached hydrogen (secondary N) is 2. The van der Waals surface area contributed by atoms with Crippen molar-refractivity contribution in [2.45, 2.75) is 64.0 Å². The van der Waals surface area contributed by atoms with E-state index in [2.05, 4.69) is 25.7 Å². The Hall–Kier alpha value is -1.96. The SMILES string of the molecule is O=C(Nc1nc2c(s1)CCCCCC2)N[C@H]1CCc2ncnn2C1. The molecule has 1 aliphatic carbocycles. The number of aryl methyl sites for hydroxylation is 3. The first kappa shape index (κ1) is 15.6. The first-order valence-electron chi connectivity index (χ1n) is 8.71. The van der Waals surface area contributed by atoms with Gasteiger partial charge in [-0.2, -0.15) is 5.10 Å². The van der Waals surface area contributed by atoms with Gasteiger partial charge >= 0.3 is 6.03 Å². The predicted octanol–water partition coefficient (Wildman–Crippen LogP) is 2.53. The molecule has 2 aromatic rings. The lowest BCUT2D eigenvalue weighted by Crippen LogP contribution is -2.43. The molecule has 0 spiro atoms. The molecule has 3 heterocycles. The highest BCUT2D eigenvalue weighted by Gasteiger charge is 2.22. The molecule has 1 atom stereocenters. The van der Waals surface area contributed by atoms with Gasteiger partial charge in [0.25, 0.3) is 0 Å². The monoisotopic (exact) mass is 346 g/mol. The summed E-state index contributed by atoms with van der Waals surface area (Å²) < 4.78 is 1.86. The molecule has 0 saturated carbocycles. The molecule has 2 aromatic heterocycles. The molecule has 0 aromatic carbocycles. The van der Waals surface area contributed by atoms with Crippen LogP contribution in [0.2, 0.25) is 0 Å². The Morgan fingerprint density at radius 3 is 3.00 bits per heavy atom. The number of amides is 2. The van der Waals surface area contributed by atoms with Crippen LogP contribution in [-0.2, 0) is 25.8 Å². The maximum absolute atomic E-state index is 12.3. The predicted molar refractivity (Wildman–Crippen MR) is 92.3 cm³/mol. The fraction of sp³-hybridized carbons (Fsp3) is 0.625. The lowest BCUT2D eigenvalue weighted by atomic mass is 10.0. The molecule has 2 aliphatic rings. The molecular weight excluding hydrogens is 324 g/mol. The van der Waals surface area contributed by atoms with E-state index in [1.807, 2.05) is 4.68 Å². The van der Waals surface area contributed by atoms with Gasteiger partial charge in [0.2, 0.25) is 0 Å². The fourth-order valence-corrected chi connectivity index (χ4v) is 4.48. The lowest BCUT2D eigenvalue weighted by molar-refractivity contribution is 0.243. The quantitative estimate of drug-likeness (QED) is 0.875. The van der Waals surface area contributed by atoms with E-state index in [0.29, 0.717) is 6.54 Å². The zero-order valence-corrected chi connectivity index (χ0v) is 14.4. The second-order valence-corrected chi connectivity index (χ2v) is 7.58. The number of hydrogen-bond donors (Lipinski definition) is 2. The number of carbonyl (C=O) groups is 1. The van der Waals surface area contributed by atoms with Crippen LogP contribution >= 0.6 is 11.3 Å². The van der Waals surface area contributed by atoms with Crippen molar-refractivity contribution in [1.29, 1.82) is 0 Å². The maximum atomic E-state index is 12.3. The Bertz CT molecular complexity index is 698. The first-order chi connectivity index (χ1) is 11.8. The number of urea groups is 1. The van der Waals surface area contributed by atoms with E-state index in [-0.39, 0.29) is 12.1 Å². The third-order valence-electron chi connectivity index (χ3n) is 4.71. The van der Waals surface area contributed by atoms with Crippen molar-refractivity contribution < 1.29 is 4.79 Å². The molecule has 2 amide bonds. The van der Waals surface area contributed by atoms with E-state index in [9.17, 15) is 4.79 Å². The summed E-state index contributed by atoms with van der Waals surface area (Å²) >= 11 is 1.63. The second-order valence-electron chi connectivity index (χ2n) is 6.50. The minimum Gasteiger partial charge on any atom is -0.333 e. The summed E-state index contributed by atoms with van der Waals surface area (Å²) in [5.74, 6) is 0.994. The molecule has 0 unspecified atom stereocenters. The Morgan fingerprint density at radius 1 is 1.21 bits per heavy atom. The smallest absolute Gasteiger partial charge is 0.321 e. The molecule has 1 aliphatic heterocycles. The van der Waals surface area contributed by atoms with Crippen molar-refractivity contribution in [1.82, 2.24) is 25.1 Å². The first-order valence-corrected chi connectivity index (χ1v) is 9.52. The summed E-state index contributed by atoms with van der Waals surface area (Å²) in [6, 6.07) is -0.0922. The van der Waals surface area contributed by atoms with Crippen molar-refractivity contribution in [2.24, 2.45) is 0 Å². The Labute approximate surface area is 144 Å². The van der Waals surface area contributed by atoms with E-state index in [4.69, 9.17) is 0 Å². The van der Waals surface area contributed by atoms with E-state index >= 15 is 0 Å². The molecular formula is C16H22N6OS. The van der Waals surface area contributed by atoms with Gasteiger partial charge in [0.15, 0.2) is 5.13 Å². The summed E-state index contributed by atoms with van der Waals surface area (Å²) in [6.07, 6.45) is 10.4. The van der Waals surface area contributed by atoms with Crippen LogP contribution in [0.5, 0.6) is 0 Å². The topological polar surface area (TPSA) is 84.7 Å². The second kappa shape index (κ2) is 6.88. The summed E-state index contributed by atoms with van der Waals surface area (Å²) in [5, 5.41) is 10.9. The van der Waals surface area contributed by atoms with Gasteiger partial charge in [0, 0.05) is 11.3 Å². The minimum atomic E-state index is -0.176. The molecule has 0 bridgehead atoms. The van der Waals surface area contributed by atoms with Crippen LogP contribution in [0.25, 0.3) is 0 Å². The number of hydrogen-bond acceptors (Lipinski definition) is 5. The highest BCUT2D eigenvalue weighted by molar-refractivity contribution is 7.15. The third-order valence-corrected chi connectivity index (χ3v) is 5.78. The molecule has 0 radical (unpaired) electrons. The van der Waals surface area contributed by atoms with E-state index in [1.54, 1.807) is 17.7 Å². The number of nitrogens with zero attached hydrogens (tertiary/aromatic N) is 4. The van der Waals surface area contributed by atoms with Gasteiger partial charge in [0.1, 0.15) is 12.2 Å². The Balaban J connectivity index is 1.35. The number of carbonyl (C=O) groups excluding carboxylic acids is 1. The number of rotatable bonds is 2. The van der Waals surface area contributed by atoms with Crippen LogP contribution in [0.15, 0.2) is 6.33 Å². The average Bonchev–Trinajstić information content (AvgIpc) is 3.14. The molecule has 7 nitrogen and oxygen atoms in total. The molecule has 0 saturated heterocycles. The molecule has 24 heavy (non-hydrogen) atoms. The molecule has 4 rings (SSSR count). The largest absolute Gasteiger partial charge is 0.333 e. The lowest BCUT2D eigenvalue weighted by Gasteiger charge is -2.23. The number of fused-ring (bicyclic) bond motifs is 2. The van der Waals surface area contributed by atoms with Gasteiger partial charge in [-0.3, -0.25) is 5.32 Å². The van der Waals surface area contributed by atoms with Crippen molar-refractivity contribution in [3.8, 4) is 0 Å². The molecule has 2 N–H and O–H groups in total. The van der Waals surface area contributed by atoms with E-state index in [1.165, 1.54) is 36.3 Å². The van der Waals surface area contributed by atoms with Crippen LogP contribution in [-0.4, -0.2) is 31.8 Å². The van der Waals surface area contributed by atoms with Crippen molar-refractivity contribution >= 4 is 22.5 Å². The fourth-order valence-electron chi connectivity index (χ4n) is 3.43. The van der Waals surface area contributed by atoms with Gasteiger partial charge in [-0.1, -0.05) is 12.8 Å². The van der Waals surface area contributed by atoms with Gasteiger partial charge in [0.05, 0.1) is 18.3 Å². The number of thiazole rings is 1. The zero-order valence-electron chi connectivity index (χ0n) is 13.6. The highest BCUT2D eigenvalue weighted by Crippen LogP contribution is 2.28. The molecule has 128 valence electrons. The van der Waals surface area contributed by atoms with Crippen LogP contribution in [0.4, 0.5) is 9.93 Å². The van der Waals surface area contributed by atoms with Crippen LogP contribution in [0.1, 0.15) is 48.5 Å². The number of aromatic nitrogens is 4. The summed E-state index contributed by atoms with van der Waals surface area (Å²) in [4.78, 5) is 22.5. The van der Waals surface area contributed by atoms with Gasteiger partial charge < -0.3 is 5.32 Å². The maximum Gasteiger partial charge on any atom is 0.321 e. The van der Waals surface area contributed by atoms with Gasteiger partial charge in [-0.05, 0) is 32.1 Å². The van der Waals surface area contributed by atoms with Crippen LogP contribution in [0.3, 0.4) is 0 Å². The van der Waals surface area contributed by atoms with Crippen molar-refractivity contribution in [3.05, 3.63) is 22.7 Å². The third kappa shape index (κ3) is 3.43. The normalized spacial score (nSPS) is 20.4. The number of anilines is 1. The van der Waals surface area contributed by atoms with Crippen molar-refractivity contribution in [3.63, 3.8) is 0 Å². The molecule has 8 heteroatoms.